The summed E-state index contributed by atoms with van der Waals surface area (Å²) in [5.74, 6) is -4.97. The molecule has 0 aliphatic rings. The molecule has 148 valence electrons. The summed E-state index contributed by atoms with van der Waals surface area (Å²) in [5, 5.41) is 2.35. The lowest BCUT2D eigenvalue weighted by Gasteiger charge is -2.23. The number of primary amides is 1. The van der Waals surface area contributed by atoms with Crippen LogP contribution in [-0.2, 0) is 35.1 Å². The smallest absolute Gasteiger partial charge is 0.312 e. The molecular formula is C18H23FN2O6. The molecule has 1 rings (SSSR count). The van der Waals surface area contributed by atoms with Crippen LogP contribution < -0.4 is 11.1 Å². The van der Waals surface area contributed by atoms with Crippen molar-refractivity contribution in [2.45, 2.75) is 32.7 Å². The van der Waals surface area contributed by atoms with Crippen LogP contribution in [0.4, 0.5) is 4.39 Å². The average molecular weight is 382 g/mol. The van der Waals surface area contributed by atoms with E-state index in [1.54, 1.807) is 13.8 Å². The van der Waals surface area contributed by atoms with Gasteiger partial charge in [-0.1, -0.05) is 12.1 Å². The molecule has 8 nitrogen and oxygen atoms in total. The van der Waals surface area contributed by atoms with Gasteiger partial charge in [-0.05, 0) is 31.5 Å². The number of amides is 2. The molecule has 27 heavy (non-hydrogen) atoms. The molecule has 0 aliphatic heterocycles. The summed E-state index contributed by atoms with van der Waals surface area (Å²) >= 11 is 0. The monoisotopic (exact) mass is 382 g/mol. The van der Waals surface area contributed by atoms with Crippen molar-refractivity contribution in [1.82, 2.24) is 5.32 Å². The van der Waals surface area contributed by atoms with Crippen molar-refractivity contribution < 1.29 is 33.0 Å². The van der Waals surface area contributed by atoms with Crippen molar-refractivity contribution in [3.63, 3.8) is 0 Å². The van der Waals surface area contributed by atoms with Crippen LogP contribution in [0.1, 0.15) is 25.8 Å². The second kappa shape index (κ2) is 10.9. The van der Waals surface area contributed by atoms with Gasteiger partial charge in [0, 0.05) is 0 Å². The summed E-state index contributed by atoms with van der Waals surface area (Å²) in [4.78, 5) is 48.0. The standard InChI is InChI=1S/C18H23FN2O6/c1-3-26-15(23)10-13(18(25)27-4-2)16(17(20)24)21-14(22)9-11-5-7-12(19)8-6-11/h5-8,13,16H,3-4,9-10H2,1-2H3,(H2,20,24)(H,21,22)/t13-,16-/m1/s1. The number of rotatable bonds is 10. The Balaban J connectivity index is 2.92. The number of ether oxygens (including phenoxy) is 2. The first-order valence-corrected chi connectivity index (χ1v) is 8.43. The second-order valence-corrected chi connectivity index (χ2v) is 5.62. The summed E-state index contributed by atoms with van der Waals surface area (Å²) in [5.41, 5.74) is 5.82. The molecule has 1 aromatic carbocycles. The predicted octanol–water partition coefficient (Wildman–Crippen LogP) is 0.471. The summed E-state index contributed by atoms with van der Waals surface area (Å²) in [6.07, 6.45) is -0.643. The van der Waals surface area contributed by atoms with E-state index >= 15 is 0 Å². The number of hydrogen-bond donors (Lipinski definition) is 2. The van der Waals surface area contributed by atoms with E-state index in [0.29, 0.717) is 5.56 Å². The van der Waals surface area contributed by atoms with E-state index in [-0.39, 0.29) is 19.6 Å². The Morgan fingerprint density at radius 2 is 1.67 bits per heavy atom. The molecule has 3 N–H and O–H groups in total. The number of benzene rings is 1. The van der Waals surface area contributed by atoms with E-state index in [2.05, 4.69) is 5.32 Å². The number of halogens is 1. The van der Waals surface area contributed by atoms with Gasteiger partial charge in [-0.2, -0.15) is 0 Å². The highest BCUT2D eigenvalue weighted by Crippen LogP contribution is 2.14. The van der Waals surface area contributed by atoms with Crippen molar-refractivity contribution in [1.29, 1.82) is 0 Å². The number of carbonyl (C=O) groups excluding carboxylic acids is 4. The molecule has 0 aliphatic carbocycles. The molecule has 0 saturated heterocycles. The summed E-state index contributed by atoms with van der Waals surface area (Å²) < 4.78 is 22.6. The molecule has 2 amide bonds. The number of esters is 2. The van der Waals surface area contributed by atoms with Gasteiger partial charge in [0.25, 0.3) is 0 Å². The lowest BCUT2D eigenvalue weighted by Crippen LogP contribution is -2.52. The van der Waals surface area contributed by atoms with Gasteiger partial charge >= 0.3 is 11.9 Å². The summed E-state index contributed by atoms with van der Waals surface area (Å²) in [6.45, 7) is 3.26. The van der Waals surface area contributed by atoms with Crippen molar-refractivity contribution in [3.05, 3.63) is 35.6 Å². The van der Waals surface area contributed by atoms with Gasteiger partial charge in [-0.3, -0.25) is 19.2 Å². The third kappa shape index (κ3) is 7.43. The molecule has 0 unspecified atom stereocenters. The third-order valence-corrected chi connectivity index (χ3v) is 3.58. The van der Waals surface area contributed by atoms with Crippen LogP contribution in [0.2, 0.25) is 0 Å². The maximum Gasteiger partial charge on any atom is 0.312 e. The number of carbonyl (C=O) groups is 4. The fourth-order valence-corrected chi connectivity index (χ4v) is 2.37. The molecule has 0 aromatic heterocycles. The van der Waals surface area contributed by atoms with Gasteiger partial charge in [0.15, 0.2) is 0 Å². The third-order valence-electron chi connectivity index (χ3n) is 3.58. The largest absolute Gasteiger partial charge is 0.466 e. The van der Waals surface area contributed by atoms with Crippen molar-refractivity contribution in [3.8, 4) is 0 Å². The van der Waals surface area contributed by atoms with Gasteiger partial charge in [0.2, 0.25) is 11.8 Å². The lowest BCUT2D eigenvalue weighted by atomic mass is 9.95. The quantitative estimate of drug-likeness (QED) is 0.567. The molecular weight excluding hydrogens is 359 g/mol. The molecule has 9 heteroatoms. The van der Waals surface area contributed by atoms with Crippen molar-refractivity contribution in [2.24, 2.45) is 11.7 Å². The first kappa shape index (κ1) is 22.1. The average Bonchev–Trinajstić information content (AvgIpc) is 2.60. The number of nitrogens with two attached hydrogens (primary N) is 1. The first-order valence-electron chi connectivity index (χ1n) is 8.43. The SMILES string of the molecule is CCOC(=O)C[C@@H](C(=O)OCC)[C@@H](NC(=O)Cc1ccc(F)cc1)C(N)=O. The normalized spacial score (nSPS) is 12.6. The number of hydrogen-bond acceptors (Lipinski definition) is 6. The minimum Gasteiger partial charge on any atom is -0.466 e. The van der Waals surface area contributed by atoms with Gasteiger partial charge < -0.3 is 20.5 Å². The molecule has 0 fully saturated rings. The first-order chi connectivity index (χ1) is 12.8. The van der Waals surface area contributed by atoms with Crippen LogP contribution in [0, 0.1) is 11.7 Å². The Hall–Kier alpha value is -2.97. The molecule has 0 spiro atoms. The van der Waals surface area contributed by atoms with Gasteiger partial charge in [-0.15, -0.1) is 0 Å². The topological polar surface area (TPSA) is 125 Å². The predicted molar refractivity (Wildman–Crippen MR) is 92.6 cm³/mol. The Morgan fingerprint density at radius 1 is 1.07 bits per heavy atom. The van der Waals surface area contributed by atoms with E-state index in [0.717, 1.165) is 0 Å². The highest BCUT2D eigenvalue weighted by Gasteiger charge is 2.37. The van der Waals surface area contributed by atoms with E-state index in [9.17, 15) is 23.6 Å². The van der Waals surface area contributed by atoms with Crippen LogP contribution in [0.25, 0.3) is 0 Å². The van der Waals surface area contributed by atoms with Gasteiger partial charge in [0.05, 0.1) is 32.0 Å². The van der Waals surface area contributed by atoms with Crippen molar-refractivity contribution in [2.75, 3.05) is 13.2 Å². The van der Waals surface area contributed by atoms with Crippen LogP contribution in [0.3, 0.4) is 0 Å². The Bertz CT molecular complexity index is 677. The molecule has 0 radical (unpaired) electrons. The van der Waals surface area contributed by atoms with E-state index < -0.39 is 48.0 Å². The zero-order valence-corrected chi connectivity index (χ0v) is 15.2. The van der Waals surface area contributed by atoms with E-state index in [1.807, 2.05) is 0 Å². The Labute approximate surface area is 156 Å². The summed E-state index contributed by atoms with van der Waals surface area (Å²) in [7, 11) is 0. The van der Waals surface area contributed by atoms with Crippen LogP contribution in [0.15, 0.2) is 24.3 Å². The van der Waals surface area contributed by atoms with Crippen molar-refractivity contribution >= 4 is 23.8 Å². The Kier molecular flexibility index (Phi) is 8.91. The fourth-order valence-electron chi connectivity index (χ4n) is 2.37. The van der Waals surface area contributed by atoms with E-state index in [4.69, 9.17) is 15.2 Å². The lowest BCUT2D eigenvalue weighted by molar-refractivity contribution is -0.157. The van der Waals surface area contributed by atoms with Gasteiger partial charge in [-0.25, -0.2) is 4.39 Å². The second-order valence-electron chi connectivity index (χ2n) is 5.62. The van der Waals surface area contributed by atoms with Crippen LogP contribution >= 0.6 is 0 Å². The van der Waals surface area contributed by atoms with Crippen LogP contribution in [-0.4, -0.2) is 43.0 Å². The highest BCUT2D eigenvalue weighted by atomic mass is 19.1. The maximum atomic E-state index is 12.9. The molecule has 0 heterocycles. The molecule has 0 bridgehead atoms. The Morgan fingerprint density at radius 3 is 2.19 bits per heavy atom. The zero-order chi connectivity index (χ0) is 20.4. The summed E-state index contributed by atoms with van der Waals surface area (Å²) in [6, 6.07) is 3.75. The molecule has 0 saturated carbocycles. The fraction of sp³-hybridized carbons (Fsp3) is 0.444. The molecule has 2 atom stereocenters. The zero-order valence-electron chi connectivity index (χ0n) is 15.2. The maximum absolute atomic E-state index is 12.9. The van der Waals surface area contributed by atoms with Gasteiger partial charge in [0.1, 0.15) is 11.9 Å². The minimum atomic E-state index is -1.46. The minimum absolute atomic E-state index is 0.0210. The van der Waals surface area contributed by atoms with E-state index in [1.165, 1.54) is 24.3 Å². The number of nitrogens with one attached hydrogen (secondary N) is 1. The van der Waals surface area contributed by atoms with Crippen LogP contribution in [0.5, 0.6) is 0 Å². The highest BCUT2D eigenvalue weighted by molar-refractivity contribution is 5.93. The molecule has 1 aromatic rings.